The molecular weight excluding hydrogens is 252 g/mol. The average Bonchev–Trinajstić information content (AvgIpc) is 2.37. The number of rotatable bonds is 6. The molecule has 2 atom stereocenters. The van der Waals surface area contributed by atoms with Crippen molar-refractivity contribution in [1.82, 2.24) is 5.32 Å². The van der Waals surface area contributed by atoms with Gasteiger partial charge in [-0.15, -0.1) is 0 Å². The van der Waals surface area contributed by atoms with Gasteiger partial charge in [0, 0.05) is 25.0 Å². The van der Waals surface area contributed by atoms with Crippen LogP contribution in [0.5, 0.6) is 0 Å². The average molecular weight is 282 g/mol. The summed E-state index contributed by atoms with van der Waals surface area (Å²) < 4.78 is 5.68. The molecule has 2 aliphatic carbocycles. The van der Waals surface area contributed by atoms with Gasteiger partial charge in [0.05, 0.1) is 6.10 Å². The lowest BCUT2D eigenvalue weighted by Crippen LogP contribution is -2.76. The monoisotopic (exact) mass is 282 g/mol. The molecule has 0 radical (unpaired) electrons. The first-order valence-electron chi connectivity index (χ1n) is 8.00. The highest BCUT2D eigenvalue weighted by Crippen LogP contribution is 2.50. The third kappa shape index (κ3) is 2.27. The number of hydrogen-bond donors (Lipinski definition) is 2. The number of carbonyl (C=O) groups excluding carboxylic acids is 1. The Morgan fingerprint density at radius 3 is 2.40 bits per heavy atom. The molecule has 2 aliphatic rings. The minimum Gasteiger partial charge on any atom is -0.378 e. The smallest absolute Gasteiger partial charge is 0.240 e. The Labute approximate surface area is 122 Å². The third-order valence-corrected chi connectivity index (χ3v) is 6.02. The molecule has 2 rings (SSSR count). The lowest BCUT2D eigenvalue weighted by atomic mass is 9.54. The van der Waals surface area contributed by atoms with Crippen LogP contribution in [0.3, 0.4) is 0 Å². The van der Waals surface area contributed by atoms with Crippen LogP contribution in [0.15, 0.2) is 0 Å². The lowest BCUT2D eigenvalue weighted by molar-refractivity contribution is -0.171. The van der Waals surface area contributed by atoms with Gasteiger partial charge in [0.1, 0.15) is 5.54 Å². The van der Waals surface area contributed by atoms with E-state index in [1.807, 2.05) is 20.8 Å². The zero-order valence-electron chi connectivity index (χ0n) is 13.4. The highest BCUT2D eigenvalue weighted by Gasteiger charge is 2.62. The van der Waals surface area contributed by atoms with E-state index in [1.165, 1.54) is 19.3 Å². The van der Waals surface area contributed by atoms with Gasteiger partial charge in [-0.1, -0.05) is 27.2 Å². The van der Waals surface area contributed by atoms with Gasteiger partial charge in [-0.25, -0.2) is 0 Å². The van der Waals surface area contributed by atoms with Crippen LogP contribution < -0.4 is 11.1 Å². The molecule has 20 heavy (non-hydrogen) atoms. The van der Waals surface area contributed by atoms with Crippen LogP contribution in [-0.2, 0) is 9.53 Å². The molecule has 0 saturated heterocycles. The van der Waals surface area contributed by atoms with Crippen molar-refractivity contribution in [1.29, 1.82) is 0 Å². The van der Waals surface area contributed by atoms with E-state index in [0.29, 0.717) is 18.4 Å². The van der Waals surface area contributed by atoms with Gasteiger partial charge < -0.3 is 15.8 Å². The molecule has 2 unspecified atom stereocenters. The van der Waals surface area contributed by atoms with Crippen LogP contribution >= 0.6 is 0 Å². The van der Waals surface area contributed by atoms with Gasteiger partial charge in [-0.3, -0.25) is 4.79 Å². The summed E-state index contributed by atoms with van der Waals surface area (Å²) in [6.07, 6.45) is 5.59. The molecule has 3 N–H and O–H groups in total. The Bertz CT molecular complexity index is 371. The second-order valence-electron chi connectivity index (χ2n) is 7.23. The fourth-order valence-electron chi connectivity index (χ4n) is 3.58. The minimum absolute atomic E-state index is 0.00169. The van der Waals surface area contributed by atoms with E-state index in [1.54, 1.807) is 0 Å². The minimum atomic E-state index is -0.786. The van der Waals surface area contributed by atoms with E-state index < -0.39 is 5.54 Å². The van der Waals surface area contributed by atoms with Crippen molar-refractivity contribution in [2.45, 2.75) is 71.4 Å². The van der Waals surface area contributed by atoms with Gasteiger partial charge in [-0.05, 0) is 31.6 Å². The van der Waals surface area contributed by atoms with Gasteiger partial charge in [-0.2, -0.15) is 0 Å². The van der Waals surface area contributed by atoms with Gasteiger partial charge in [0.2, 0.25) is 5.91 Å². The molecule has 2 fully saturated rings. The van der Waals surface area contributed by atoms with Crippen molar-refractivity contribution in [3.05, 3.63) is 0 Å². The van der Waals surface area contributed by atoms with Crippen molar-refractivity contribution in [2.75, 3.05) is 13.2 Å². The fourth-order valence-corrected chi connectivity index (χ4v) is 3.58. The second kappa shape index (κ2) is 5.30. The van der Waals surface area contributed by atoms with E-state index in [2.05, 4.69) is 12.2 Å². The van der Waals surface area contributed by atoms with Crippen molar-refractivity contribution in [3.63, 3.8) is 0 Å². The normalized spacial score (nSPS) is 34.0. The van der Waals surface area contributed by atoms with E-state index in [9.17, 15) is 4.79 Å². The summed E-state index contributed by atoms with van der Waals surface area (Å²) in [5, 5.41) is 3.12. The molecule has 116 valence electrons. The van der Waals surface area contributed by atoms with Crippen LogP contribution in [0.2, 0.25) is 0 Å². The summed E-state index contributed by atoms with van der Waals surface area (Å²) in [5.41, 5.74) is 5.63. The van der Waals surface area contributed by atoms with Crippen molar-refractivity contribution < 1.29 is 9.53 Å². The maximum absolute atomic E-state index is 12.5. The van der Waals surface area contributed by atoms with Crippen LogP contribution in [0, 0.1) is 10.8 Å². The first-order valence-corrected chi connectivity index (χ1v) is 8.00. The van der Waals surface area contributed by atoms with E-state index >= 15 is 0 Å². The highest BCUT2D eigenvalue weighted by molar-refractivity contribution is 5.88. The second-order valence-corrected chi connectivity index (χ2v) is 7.23. The molecule has 4 heteroatoms. The molecule has 0 heterocycles. The summed E-state index contributed by atoms with van der Waals surface area (Å²) >= 11 is 0. The first-order chi connectivity index (χ1) is 9.31. The molecule has 0 bridgehead atoms. The summed E-state index contributed by atoms with van der Waals surface area (Å²) in [6.45, 7) is 9.71. The fraction of sp³-hybridized carbons (Fsp3) is 0.938. The topological polar surface area (TPSA) is 64.3 Å². The number of ether oxygens (including phenoxy) is 1. The predicted octanol–water partition coefficient (Wildman–Crippen LogP) is 2.22. The predicted molar refractivity (Wildman–Crippen MR) is 80.3 cm³/mol. The van der Waals surface area contributed by atoms with Crippen LogP contribution in [-0.4, -0.2) is 30.7 Å². The van der Waals surface area contributed by atoms with Crippen LogP contribution in [0.25, 0.3) is 0 Å². The molecule has 0 aliphatic heterocycles. The Hall–Kier alpha value is -0.610. The maximum atomic E-state index is 12.5. The Morgan fingerprint density at radius 1 is 1.35 bits per heavy atom. The summed E-state index contributed by atoms with van der Waals surface area (Å²) in [5.74, 6) is -0.00169. The van der Waals surface area contributed by atoms with E-state index in [-0.39, 0.29) is 17.4 Å². The summed E-state index contributed by atoms with van der Waals surface area (Å²) in [6, 6.07) is 0. The van der Waals surface area contributed by atoms with Crippen molar-refractivity contribution >= 4 is 5.91 Å². The number of nitrogens with one attached hydrogen (secondary N) is 1. The summed E-state index contributed by atoms with van der Waals surface area (Å²) in [7, 11) is 0. The molecule has 0 aromatic rings. The Balaban J connectivity index is 1.92. The molecule has 0 aromatic heterocycles. The molecule has 4 nitrogen and oxygen atoms in total. The van der Waals surface area contributed by atoms with E-state index in [4.69, 9.17) is 10.5 Å². The lowest BCUT2D eigenvalue weighted by Gasteiger charge is -2.57. The quantitative estimate of drug-likeness (QED) is 0.785. The Kier molecular flexibility index (Phi) is 4.18. The largest absolute Gasteiger partial charge is 0.378 e. The molecule has 2 saturated carbocycles. The SMILES string of the molecule is CCOC1CC(N)(C(=O)NCC2(CC)CCC2)C1(C)C. The summed E-state index contributed by atoms with van der Waals surface area (Å²) in [4.78, 5) is 12.5. The van der Waals surface area contributed by atoms with Crippen LogP contribution in [0.4, 0.5) is 0 Å². The van der Waals surface area contributed by atoms with Crippen molar-refractivity contribution in [2.24, 2.45) is 16.6 Å². The van der Waals surface area contributed by atoms with Crippen LogP contribution in [0.1, 0.15) is 59.8 Å². The van der Waals surface area contributed by atoms with E-state index in [0.717, 1.165) is 13.0 Å². The highest BCUT2D eigenvalue weighted by atomic mass is 16.5. The maximum Gasteiger partial charge on any atom is 0.240 e. The molecule has 0 aromatic carbocycles. The zero-order chi connectivity index (χ0) is 15.0. The molecule has 1 amide bonds. The van der Waals surface area contributed by atoms with Gasteiger partial charge in [0.15, 0.2) is 0 Å². The first kappa shape index (κ1) is 15.8. The number of amides is 1. The number of carbonyl (C=O) groups is 1. The molecular formula is C16H30N2O2. The van der Waals surface area contributed by atoms with Gasteiger partial charge in [0.25, 0.3) is 0 Å². The zero-order valence-corrected chi connectivity index (χ0v) is 13.4. The third-order valence-electron chi connectivity index (χ3n) is 6.02. The number of nitrogens with two attached hydrogens (primary N) is 1. The number of hydrogen-bond acceptors (Lipinski definition) is 3. The molecule has 0 spiro atoms. The van der Waals surface area contributed by atoms with Gasteiger partial charge >= 0.3 is 0 Å². The van der Waals surface area contributed by atoms with Crippen molar-refractivity contribution in [3.8, 4) is 0 Å². The Morgan fingerprint density at radius 2 is 2.00 bits per heavy atom. The standard InChI is InChI=1S/C16H30N2O2/c1-5-15(8-7-9-15)11-18-13(19)16(17)10-12(20-6-2)14(16,3)4/h12H,5-11,17H2,1-4H3,(H,18,19).